The van der Waals surface area contributed by atoms with Crippen molar-refractivity contribution in [3.05, 3.63) is 83.0 Å². The van der Waals surface area contributed by atoms with Gasteiger partial charge in [-0.1, -0.05) is 66.2 Å². The van der Waals surface area contributed by atoms with Gasteiger partial charge in [-0.05, 0) is 36.1 Å². The SMILES string of the molecule is CCOC(=O)C[C@@H](Cc1ccc(-c2ccccc2)cc1)NC(=O)c1cnc(O)c(Cl)c1. The van der Waals surface area contributed by atoms with E-state index in [0.29, 0.717) is 6.42 Å². The second kappa shape index (κ2) is 10.6. The number of nitrogens with zero attached hydrogens (tertiary/aromatic N) is 1. The van der Waals surface area contributed by atoms with Crippen LogP contribution in [-0.2, 0) is 16.0 Å². The summed E-state index contributed by atoms with van der Waals surface area (Å²) in [7, 11) is 0. The smallest absolute Gasteiger partial charge is 0.307 e. The number of carbonyl (C=O) groups is 2. The zero-order valence-corrected chi connectivity index (χ0v) is 17.8. The lowest BCUT2D eigenvalue weighted by Crippen LogP contribution is -2.38. The summed E-state index contributed by atoms with van der Waals surface area (Å²) < 4.78 is 5.05. The van der Waals surface area contributed by atoms with Crippen molar-refractivity contribution >= 4 is 23.5 Å². The van der Waals surface area contributed by atoms with E-state index < -0.39 is 17.9 Å². The van der Waals surface area contributed by atoms with Crippen LogP contribution in [0.3, 0.4) is 0 Å². The number of amides is 1. The minimum absolute atomic E-state index is 0.0221. The molecule has 0 aliphatic rings. The second-order valence-corrected chi connectivity index (χ2v) is 7.38. The normalized spacial score (nSPS) is 11.5. The zero-order valence-electron chi connectivity index (χ0n) is 17.0. The Labute approximate surface area is 185 Å². The third-order valence-electron chi connectivity index (χ3n) is 4.68. The largest absolute Gasteiger partial charge is 0.492 e. The monoisotopic (exact) mass is 438 g/mol. The molecule has 2 aromatic carbocycles. The van der Waals surface area contributed by atoms with Crippen LogP contribution < -0.4 is 5.32 Å². The fraction of sp³-hybridized carbons (Fsp3) is 0.208. The summed E-state index contributed by atoms with van der Waals surface area (Å²) in [6.45, 7) is 2.00. The van der Waals surface area contributed by atoms with Gasteiger partial charge in [0.15, 0.2) is 0 Å². The van der Waals surface area contributed by atoms with Gasteiger partial charge in [0.1, 0.15) is 5.02 Å². The predicted molar refractivity (Wildman–Crippen MR) is 119 cm³/mol. The van der Waals surface area contributed by atoms with Gasteiger partial charge in [-0.15, -0.1) is 0 Å². The van der Waals surface area contributed by atoms with Crippen LogP contribution in [0.15, 0.2) is 66.9 Å². The summed E-state index contributed by atoms with van der Waals surface area (Å²) in [4.78, 5) is 28.4. The molecule has 3 rings (SSSR count). The average Bonchev–Trinajstić information content (AvgIpc) is 2.77. The molecule has 6 nitrogen and oxygen atoms in total. The lowest BCUT2D eigenvalue weighted by Gasteiger charge is -2.18. The highest BCUT2D eigenvalue weighted by Gasteiger charge is 2.20. The van der Waals surface area contributed by atoms with E-state index in [0.717, 1.165) is 16.7 Å². The first-order chi connectivity index (χ1) is 15.0. The Bertz CT molecular complexity index is 1040. The molecule has 0 saturated carbocycles. The van der Waals surface area contributed by atoms with Crippen LogP contribution in [0.1, 0.15) is 29.3 Å². The van der Waals surface area contributed by atoms with E-state index in [1.54, 1.807) is 6.92 Å². The van der Waals surface area contributed by atoms with Crippen molar-refractivity contribution in [3.8, 4) is 17.0 Å². The Balaban J connectivity index is 1.74. The second-order valence-electron chi connectivity index (χ2n) is 6.98. The van der Waals surface area contributed by atoms with Crippen LogP contribution >= 0.6 is 11.6 Å². The van der Waals surface area contributed by atoms with Crippen molar-refractivity contribution in [3.63, 3.8) is 0 Å². The molecule has 0 bridgehead atoms. The minimum Gasteiger partial charge on any atom is -0.492 e. The van der Waals surface area contributed by atoms with Gasteiger partial charge >= 0.3 is 5.97 Å². The first-order valence-corrected chi connectivity index (χ1v) is 10.3. The Morgan fingerprint density at radius 3 is 2.42 bits per heavy atom. The number of carbonyl (C=O) groups excluding carboxylic acids is 2. The van der Waals surface area contributed by atoms with Crippen LogP contribution in [-0.4, -0.2) is 34.6 Å². The molecule has 31 heavy (non-hydrogen) atoms. The van der Waals surface area contributed by atoms with E-state index in [1.807, 2.05) is 54.6 Å². The number of rotatable bonds is 8. The first kappa shape index (κ1) is 22.3. The summed E-state index contributed by atoms with van der Waals surface area (Å²) in [6, 6.07) is 18.8. The van der Waals surface area contributed by atoms with Gasteiger partial charge in [0.05, 0.1) is 18.6 Å². The lowest BCUT2D eigenvalue weighted by atomic mass is 9.99. The van der Waals surface area contributed by atoms with Gasteiger partial charge in [0.25, 0.3) is 5.91 Å². The Morgan fingerprint density at radius 1 is 1.10 bits per heavy atom. The lowest BCUT2D eigenvalue weighted by molar-refractivity contribution is -0.143. The zero-order chi connectivity index (χ0) is 22.2. The van der Waals surface area contributed by atoms with E-state index in [2.05, 4.69) is 10.3 Å². The van der Waals surface area contributed by atoms with Gasteiger partial charge < -0.3 is 15.2 Å². The van der Waals surface area contributed by atoms with Crippen LogP contribution in [0.4, 0.5) is 0 Å². The predicted octanol–water partition coefficient (Wildman–Crippen LogP) is 4.40. The molecule has 1 atom stereocenters. The number of hydrogen-bond donors (Lipinski definition) is 2. The quantitative estimate of drug-likeness (QED) is 0.509. The highest BCUT2D eigenvalue weighted by atomic mass is 35.5. The highest BCUT2D eigenvalue weighted by Crippen LogP contribution is 2.22. The molecule has 7 heteroatoms. The Kier molecular flexibility index (Phi) is 7.62. The van der Waals surface area contributed by atoms with E-state index in [4.69, 9.17) is 16.3 Å². The Morgan fingerprint density at radius 2 is 1.77 bits per heavy atom. The minimum atomic E-state index is -0.485. The standard InChI is InChI=1S/C24H23ClN2O4/c1-2-31-22(28)14-20(27-23(29)19-13-21(25)24(30)26-15-19)12-16-8-10-18(11-9-16)17-6-4-3-5-7-17/h3-11,13,15,20H,2,12,14H2,1H3,(H,26,30)(H,27,29)/t20-/m1/s1. The summed E-state index contributed by atoms with van der Waals surface area (Å²) in [6.07, 6.45) is 1.70. The van der Waals surface area contributed by atoms with E-state index in [-0.39, 0.29) is 29.5 Å². The van der Waals surface area contributed by atoms with Crippen molar-refractivity contribution < 1.29 is 19.4 Å². The number of esters is 1. The van der Waals surface area contributed by atoms with Gasteiger partial charge in [-0.25, -0.2) is 4.98 Å². The average molecular weight is 439 g/mol. The van der Waals surface area contributed by atoms with E-state index in [1.165, 1.54) is 12.3 Å². The molecule has 1 aromatic heterocycles. The molecule has 160 valence electrons. The molecule has 2 N–H and O–H groups in total. The number of nitrogens with one attached hydrogen (secondary N) is 1. The maximum atomic E-state index is 12.6. The number of aromatic nitrogens is 1. The molecule has 0 saturated heterocycles. The molecule has 3 aromatic rings. The molecule has 0 aliphatic heterocycles. The number of ether oxygens (including phenoxy) is 1. The molecule has 0 radical (unpaired) electrons. The fourth-order valence-electron chi connectivity index (χ4n) is 3.17. The van der Waals surface area contributed by atoms with Crippen LogP contribution in [0.5, 0.6) is 5.88 Å². The van der Waals surface area contributed by atoms with Crippen molar-refractivity contribution in [2.75, 3.05) is 6.61 Å². The molecule has 0 fully saturated rings. The number of aromatic hydroxyl groups is 1. The third kappa shape index (κ3) is 6.30. The van der Waals surface area contributed by atoms with E-state index in [9.17, 15) is 14.7 Å². The highest BCUT2D eigenvalue weighted by molar-refractivity contribution is 6.32. The summed E-state index contributed by atoms with van der Waals surface area (Å²) in [5.74, 6) is -1.18. The van der Waals surface area contributed by atoms with Crippen molar-refractivity contribution in [1.82, 2.24) is 10.3 Å². The third-order valence-corrected chi connectivity index (χ3v) is 4.96. The molecule has 0 spiro atoms. The topological polar surface area (TPSA) is 88.5 Å². The van der Waals surface area contributed by atoms with Crippen molar-refractivity contribution in [2.24, 2.45) is 0 Å². The van der Waals surface area contributed by atoms with Crippen molar-refractivity contribution in [2.45, 2.75) is 25.8 Å². The molecule has 1 amide bonds. The molecule has 0 aliphatic carbocycles. The van der Waals surface area contributed by atoms with Gasteiger partial charge in [0.2, 0.25) is 5.88 Å². The molecular weight excluding hydrogens is 416 g/mol. The summed E-state index contributed by atoms with van der Waals surface area (Å²) in [5.41, 5.74) is 3.36. The maximum absolute atomic E-state index is 12.6. The van der Waals surface area contributed by atoms with Gasteiger partial charge in [-0.3, -0.25) is 9.59 Å². The van der Waals surface area contributed by atoms with E-state index >= 15 is 0 Å². The number of hydrogen-bond acceptors (Lipinski definition) is 5. The first-order valence-electron chi connectivity index (χ1n) is 9.91. The van der Waals surface area contributed by atoms with Crippen LogP contribution in [0, 0.1) is 0 Å². The molecule has 0 unspecified atom stereocenters. The molecule has 1 heterocycles. The number of benzene rings is 2. The van der Waals surface area contributed by atoms with Gasteiger partial charge in [-0.2, -0.15) is 0 Å². The number of pyridine rings is 1. The van der Waals surface area contributed by atoms with Crippen LogP contribution in [0.2, 0.25) is 5.02 Å². The Hall–Kier alpha value is -3.38. The number of halogens is 1. The fourth-order valence-corrected chi connectivity index (χ4v) is 3.33. The van der Waals surface area contributed by atoms with Crippen molar-refractivity contribution in [1.29, 1.82) is 0 Å². The summed E-state index contributed by atoms with van der Waals surface area (Å²) in [5, 5.41) is 12.3. The van der Waals surface area contributed by atoms with Gasteiger partial charge in [0, 0.05) is 12.2 Å². The summed E-state index contributed by atoms with van der Waals surface area (Å²) >= 11 is 5.85. The maximum Gasteiger partial charge on any atom is 0.307 e. The molecular formula is C24H23ClN2O4. The van der Waals surface area contributed by atoms with Crippen LogP contribution in [0.25, 0.3) is 11.1 Å².